The SMILES string of the molecule is CC(O)Cc1ccc(C2(CN)CCCC2)cc1. The molecule has 0 aromatic heterocycles. The second-order valence-corrected chi connectivity index (χ2v) is 5.44. The van der Waals surface area contributed by atoms with E-state index in [-0.39, 0.29) is 11.5 Å². The highest BCUT2D eigenvalue weighted by Gasteiger charge is 2.33. The number of hydrogen-bond acceptors (Lipinski definition) is 2. The van der Waals surface area contributed by atoms with Gasteiger partial charge in [-0.3, -0.25) is 0 Å². The molecular formula is C15H23NO. The number of aliphatic hydroxyl groups excluding tert-OH is 1. The summed E-state index contributed by atoms with van der Waals surface area (Å²) in [5.74, 6) is 0. The molecule has 0 radical (unpaired) electrons. The van der Waals surface area contributed by atoms with E-state index in [1.54, 1.807) is 0 Å². The zero-order valence-electron chi connectivity index (χ0n) is 10.7. The van der Waals surface area contributed by atoms with Crippen molar-refractivity contribution in [2.45, 2.75) is 50.5 Å². The molecule has 0 aliphatic heterocycles. The van der Waals surface area contributed by atoms with Gasteiger partial charge in [0.25, 0.3) is 0 Å². The summed E-state index contributed by atoms with van der Waals surface area (Å²) in [7, 11) is 0. The van der Waals surface area contributed by atoms with Gasteiger partial charge >= 0.3 is 0 Å². The third-order valence-corrected chi connectivity index (χ3v) is 4.05. The van der Waals surface area contributed by atoms with Crippen molar-refractivity contribution in [3.8, 4) is 0 Å². The van der Waals surface area contributed by atoms with Crippen molar-refractivity contribution in [2.75, 3.05) is 6.54 Å². The summed E-state index contributed by atoms with van der Waals surface area (Å²) in [6.45, 7) is 2.58. The highest BCUT2D eigenvalue weighted by atomic mass is 16.3. The van der Waals surface area contributed by atoms with Gasteiger partial charge in [0.15, 0.2) is 0 Å². The minimum Gasteiger partial charge on any atom is -0.393 e. The lowest BCUT2D eigenvalue weighted by atomic mass is 9.78. The molecule has 0 heterocycles. The predicted molar refractivity (Wildman–Crippen MR) is 71.0 cm³/mol. The normalized spacial score (nSPS) is 20.4. The zero-order chi connectivity index (χ0) is 12.3. The second kappa shape index (κ2) is 5.19. The molecule has 1 saturated carbocycles. The van der Waals surface area contributed by atoms with Crippen molar-refractivity contribution >= 4 is 0 Å². The third kappa shape index (κ3) is 2.70. The van der Waals surface area contributed by atoms with E-state index < -0.39 is 0 Å². The van der Waals surface area contributed by atoms with Crippen LogP contribution in [-0.4, -0.2) is 17.8 Å². The first kappa shape index (κ1) is 12.6. The summed E-state index contributed by atoms with van der Waals surface area (Å²) < 4.78 is 0. The average Bonchev–Trinajstić information content (AvgIpc) is 2.79. The first-order chi connectivity index (χ1) is 8.16. The standard InChI is InChI=1S/C15H23NO/c1-12(17)10-13-4-6-14(7-5-13)15(11-16)8-2-3-9-15/h4-7,12,17H,2-3,8-11,16H2,1H3. The number of nitrogens with two attached hydrogens (primary N) is 1. The van der Waals surface area contributed by atoms with Gasteiger partial charge in [-0.2, -0.15) is 0 Å². The molecule has 1 atom stereocenters. The van der Waals surface area contributed by atoms with Gasteiger partial charge in [0.05, 0.1) is 6.10 Å². The molecule has 17 heavy (non-hydrogen) atoms. The van der Waals surface area contributed by atoms with Crippen LogP contribution >= 0.6 is 0 Å². The Morgan fingerprint density at radius 3 is 2.29 bits per heavy atom. The lowest BCUT2D eigenvalue weighted by molar-refractivity contribution is 0.195. The van der Waals surface area contributed by atoms with E-state index in [2.05, 4.69) is 24.3 Å². The third-order valence-electron chi connectivity index (χ3n) is 4.05. The molecule has 0 bridgehead atoms. The van der Waals surface area contributed by atoms with E-state index in [0.29, 0.717) is 0 Å². The van der Waals surface area contributed by atoms with Gasteiger partial charge in [0, 0.05) is 12.0 Å². The number of benzene rings is 1. The van der Waals surface area contributed by atoms with Crippen LogP contribution in [0.15, 0.2) is 24.3 Å². The van der Waals surface area contributed by atoms with Gasteiger partial charge < -0.3 is 10.8 Å². The van der Waals surface area contributed by atoms with Crippen LogP contribution < -0.4 is 5.73 Å². The van der Waals surface area contributed by atoms with Crippen molar-refractivity contribution in [2.24, 2.45) is 5.73 Å². The van der Waals surface area contributed by atoms with Crippen molar-refractivity contribution < 1.29 is 5.11 Å². The molecule has 1 unspecified atom stereocenters. The first-order valence-electron chi connectivity index (χ1n) is 6.64. The maximum Gasteiger partial charge on any atom is 0.0552 e. The number of hydrogen-bond donors (Lipinski definition) is 2. The van der Waals surface area contributed by atoms with Crippen LogP contribution in [0.25, 0.3) is 0 Å². The molecule has 2 rings (SSSR count). The van der Waals surface area contributed by atoms with Crippen LogP contribution in [0.1, 0.15) is 43.7 Å². The molecule has 1 fully saturated rings. The predicted octanol–water partition coefficient (Wildman–Crippen LogP) is 2.38. The Morgan fingerprint density at radius 2 is 1.82 bits per heavy atom. The lowest BCUT2D eigenvalue weighted by Crippen LogP contribution is -2.31. The van der Waals surface area contributed by atoms with Crippen molar-refractivity contribution in [3.63, 3.8) is 0 Å². The largest absolute Gasteiger partial charge is 0.393 e. The average molecular weight is 233 g/mol. The molecule has 1 aromatic rings. The molecule has 2 nitrogen and oxygen atoms in total. The fraction of sp³-hybridized carbons (Fsp3) is 0.600. The molecule has 2 heteroatoms. The zero-order valence-corrected chi connectivity index (χ0v) is 10.7. The fourth-order valence-corrected chi connectivity index (χ4v) is 3.00. The Balaban J connectivity index is 2.16. The van der Waals surface area contributed by atoms with E-state index in [1.807, 2.05) is 6.92 Å². The highest BCUT2D eigenvalue weighted by molar-refractivity contribution is 5.31. The summed E-state index contributed by atoms with van der Waals surface area (Å²) in [6.07, 6.45) is 5.50. The minimum absolute atomic E-state index is 0.226. The van der Waals surface area contributed by atoms with Gasteiger partial charge in [-0.1, -0.05) is 37.1 Å². The van der Waals surface area contributed by atoms with Crippen LogP contribution in [0.5, 0.6) is 0 Å². The summed E-state index contributed by atoms with van der Waals surface area (Å²) in [5, 5.41) is 9.36. The van der Waals surface area contributed by atoms with Crippen LogP contribution in [0, 0.1) is 0 Å². The Hall–Kier alpha value is -0.860. The summed E-state index contributed by atoms with van der Waals surface area (Å²) in [4.78, 5) is 0. The van der Waals surface area contributed by atoms with Gasteiger partial charge in [-0.05, 0) is 37.3 Å². The van der Waals surface area contributed by atoms with Crippen LogP contribution in [0.4, 0.5) is 0 Å². The van der Waals surface area contributed by atoms with Crippen LogP contribution in [0.2, 0.25) is 0 Å². The summed E-state index contributed by atoms with van der Waals surface area (Å²) in [6, 6.07) is 8.68. The molecule has 1 aliphatic rings. The molecule has 1 aliphatic carbocycles. The topological polar surface area (TPSA) is 46.2 Å². The summed E-state index contributed by atoms with van der Waals surface area (Å²) >= 11 is 0. The van der Waals surface area contributed by atoms with Crippen molar-refractivity contribution in [1.82, 2.24) is 0 Å². The Bertz CT molecular complexity index is 350. The van der Waals surface area contributed by atoms with E-state index in [1.165, 1.54) is 36.8 Å². The molecule has 0 saturated heterocycles. The molecule has 3 N–H and O–H groups in total. The van der Waals surface area contributed by atoms with Gasteiger partial charge in [-0.25, -0.2) is 0 Å². The first-order valence-corrected chi connectivity index (χ1v) is 6.64. The van der Waals surface area contributed by atoms with Gasteiger partial charge in [0.2, 0.25) is 0 Å². The second-order valence-electron chi connectivity index (χ2n) is 5.44. The number of rotatable bonds is 4. The van der Waals surface area contributed by atoms with E-state index in [9.17, 15) is 5.11 Å². The van der Waals surface area contributed by atoms with E-state index >= 15 is 0 Å². The van der Waals surface area contributed by atoms with Gasteiger partial charge in [0.1, 0.15) is 0 Å². The quantitative estimate of drug-likeness (QED) is 0.838. The Kier molecular flexibility index (Phi) is 3.85. The minimum atomic E-state index is -0.268. The molecule has 0 spiro atoms. The number of aliphatic hydroxyl groups is 1. The Morgan fingerprint density at radius 1 is 1.24 bits per heavy atom. The smallest absolute Gasteiger partial charge is 0.0552 e. The molecule has 1 aromatic carbocycles. The maximum absolute atomic E-state index is 9.36. The van der Waals surface area contributed by atoms with Crippen LogP contribution in [0.3, 0.4) is 0 Å². The summed E-state index contributed by atoms with van der Waals surface area (Å²) in [5.41, 5.74) is 8.79. The fourth-order valence-electron chi connectivity index (χ4n) is 3.00. The molecule has 0 amide bonds. The van der Waals surface area contributed by atoms with E-state index in [0.717, 1.165) is 13.0 Å². The Labute approximate surface area is 104 Å². The van der Waals surface area contributed by atoms with Crippen molar-refractivity contribution in [1.29, 1.82) is 0 Å². The highest BCUT2D eigenvalue weighted by Crippen LogP contribution is 2.40. The molecular weight excluding hydrogens is 210 g/mol. The van der Waals surface area contributed by atoms with Crippen molar-refractivity contribution in [3.05, 3.63) is 35.4 Å². The van der Waals surface area contributed by atoms with E-state index in [4.69, 9.17) is 5.73 Å². The maximum atomic E-state index is 9.36. The van der Waals surface area contributed by atoms with Crippen LogP contribution in [-0.2, 0) is 11.8 Å². The molecule has 94 valence electrons. The monoisotopic (exact) mass is 233 g/mol. The van der Waals surface area contributed by atoms with Gasteiger partial charge in [-0.15, -0.1) is 0 Å². The lowest BCUT2D eigenvalue weighted by Gasteiger charge is -2.28.